The van der Waals surface area contributed by atoms with Crippen LogP contribution in [-0.2, 0) is 6.54 Å². The topological polar surface area (TPSA) is 34.0 Å². The second-order valence-corrected chi connectivity index (χ2v) is 10.3. The van der Waals surface area contributed by atoms with Crippen LogP contribution in [0.5, 0.6) is 0 Å². The molecule has 0 spiro atoms. The zero-order chi connectivity index (χ0) is 20.4. The van der Waals surface area contributed by atoms with Gasteiger partial charge in [0, 0.05) is 5.56 Å². The van der Waals surface area contributed by atoms with Gasteiger partial charge in [-0.15, -0.1) is 0 Å². The van der Waals surface area contributed by atoms with Crippen LogP contribution in [0.2, 0.25) is 0 Å². The predicted octanol–water partition coefficient (Wildman–Crippen LogP) is 6.20. The molecule has 4 rings (SSSR count). The first-order valence-electron chi connectivity index (χ1n) is 11.7. The molecule has 4 nitrogen and oxygen atoms in total. The summed E-state index contributed by atoms with van der Waals surface area (Å²) in [5.41, 5.74) is 3.07. The Morgan fingerprint density at radius 1 is 1.00 bits per heavy atom. The van der Waals surface area contributed by atoms with Crippen LogP contribution >= 0.6 is 0 Å². The molecule has 2 heterocycles. The normalized spacial score (nSPS) is 21.0. The fourth-order valence-electron chi connectivity index (χ4n) is 4.75. The van der Waals surface area contributed by atoms with E-state index in [9.17, 15) is 0 Å². The van der Waals surface area contributed by atoms with Crippen LogP contribution in [0.15, 0.2) is 24.3 Å². The number of benzene rings is 1. The van der Waals surface area contributed by atoms with Crippen molar-refractivity contribution in [3.05, 3.63) is 35.7 Å². The van der Waals surface area contributed by atoms with E-state index in [4.69, 9.17) is 10.1 Å². The summed E-state index contributed by atoms with van der Waals surface area (Å²) in [6, 6.07) is 9.50. The minimum atomic E-state index is 0.481. The molecule has 1 aliphatic carbocycles. The quantitative estimate of drug-likeness (QED) is 0.606. The van der Waals surface area contributed by atoms with Gasteiger partial charge in [-0.25, -0.2) is 9.67 Å². The van der Waals surface area contributed by atoms with Gasteiger partial charge in [-0.1, -0.05) is 71.2 Å². The molecular weight excluding hydrogens is 356 g/mol. The van der Waals surface area contributed by atoms with Crippen molar-refractivity contribution in [1.29, 1.82) is 0 Å². The molecule has 1 aliphatic heterocycles. The van der Waals surface area contributed by atoms with Crippen molar-refractivity contribution in [2.45, 2.75) is 91.1 Å². The van der Waals surface area contributed by atoms with Crippen molar-refractivity contribution in [1.82, 2.24) is 19.7 Å². The highest BCUT2D eigenvalue weighted by Gasteiger charge is 2.27. The Morgan fingerprint density at radius 2 is 1.66 bits per heavy atom. The summed E-state index contributed by atoms with van der Waals surface area (Å²) in [5.74, 6) is 2.62. The van der Waals surface area contributed by atoms with E-state index in [1.807, 2.05) is 0 Å². The first kappa shape index (κ1) is 20.6. The fraction of sp³-hybridized carbons (Fsp3) is 0.680. The van der Waals surface area contributed by atoms with Gasteiger partial charge >= 0.3 is 0 Å². The van der Waals surface area contributed by atoms with Crippen molar-refractivity contribution in [2.24, 2.45) is 5.41 Å². The number of nitrogens with zero attached hydrogens (tertiary/aromatic N) is 4. The molecule has 1 aromatic heterocycles. The van der Waals surface area contributed by atoms with Gasteiger partial charge in [0.15, 0.2) is 11.6 Å². The lowest BCUT2D eigenvalue weighted by Crippen LogP contribution is -2.37. The SMILES string of the molecule is CC(C)c1ccc(-c2nc(CN3CCC(C)(C)CC3)nn2C2CCCCC2)cc1. The maximum atomic E-state index is 5.07. The van der Waals surface area contributed by atoms with E-state index in [1.165, 1.54) is 56.1 Å². The van der Waals surface area contributed by atoms with E-state index in [0.29, 0.717) is 17.4 Å². The van der Waals surface area contributed by atoms with Gasteiger partial charge in [-0.05, 0) is 55.7 Å². The molecule has 1 saturated heterocycles. The molecule has 2 fully saturated rings. The van der Waals surface area contributed by atoms with E-state index in [2.05, 4.69) is 61.5 Å². The van der Waals surface area contributed by atoms with Crippen LogP contribution < -0.4 is 0 Å². The summed E-state index contributed by atoms with van der Waals surface area (Å²) in [6.07, 6.45) is 8.98. The van der Waals surface area contributed by atoms with Crippen LogP contribution in [0.25, 0.3) is 11.4 Å². The van der Waals surface area contributed by atoms with Crippen LogP contribution in [0, 0.1) is 5.41 Å². The van der Waals surface area contributed by atoms with Gasteiger partial charge in [0.25, 0.3) is 0 Å². The first-order valence-corrected chi connectivity index (χ1v) is 11.7. The Hall–Kier alpha value is -1.68. The summed E-state index contributed by atoms with van der Waals surface area (Å²) < 4.78 is 2.27. The molecule has 29 heavy (non-hydrogen) atoms. The maximum Gasteiger partial charge on any atom is 0.165 e. The molecule has 0 N–H and O–H groups in total. The standard InChI is InChI=1S/C25H38N4/c1-19(2)20-10-12-21(13-11-20)24-26-23(18-28-16-14-25(3,4)15-17-28)27-29(24)22-8-6-5-7-9-22/h10-13,19,22H,5-9,14-18H2,1-4H3. The van der Waals surface area contributed by atoms with Crippen LogP contribution in [0.3, 0.4) is 0 Å². The Kier molecular flexibility index (Phi) is 6.10. The average Bonchev–Trinajstić information content (AvgIpc) is 3.14. The molecular formula is C25H38N4. The van der Waals surface area contributed by atoms with Gasteiger partial charge in [-0.2, -0.15) is 5.10 Å². The molecule has 0 radical (unpaired) electrons. The lowest BCUT2D eigenvalue weighted by molar-refractivity contribution is 0.124. The van der Waals surface area contributed by atoms with Gasteiger partial charge in [0.1, 0.15) is 0 Å². The van der Waals surface area contributed by atoms with Crippen LogP contribution in [0.1, 0.15) is 96.0 Å². The van der Waals surface area contributed by atoms with Crippen LogP contribution in [-0.4, -0.2) is 32.8 Å². The van der Waals surface area contributed by atoms with E-state index < -0.39 is 0 Å². The minimum Gasteiger partial charge on any atom is -0.296 e. The fourth-order valence-corrected chi connectivity index (χ4v) is 4.75. The molecule has 1 saturated carbocycles. The largest absolute Gasteiger partial charge is 0.296 e. The summed E-state index contributed by atoms with van der Waals surface area (Å²) >= 11 is 0. The lowest BCUT2D eigenvalue weighted by Gasteiger charge is -2.36. The van der Waals surface area contributed by atoms with Gasteiger partial charge < -0.3 is 0 Å². The second-order valence-electron chi connectivity index (χ2n) is 10.3. The van der Waals surface area contributed by atoms with Crippen molar-refractivity contribution >= 4 is 0 Å². The number of hydrogen-bond acceptors (Lipinski definition) is 3. The van der Waals surface area contributed by atoms with Gasteiger partial charge in [0.2, 0.25) is 0 Å². The number of aromatic nitrogens is 3. The predicted molar refractivity (Wildman–Crippen MR) is 120 cm³/mol. The Labute approximate surface area is 176 Å². The Morgan fingerprint density at radius 3 is 2.28 bits per heavy atom. The van der Waals surface area contributed by atoms with Crippen molar-refractivity contribution in [3.8, 4) is 11.4 Å². The molecule has 0 amide bonds. The minimum absolute atomic E-state index is 0.481. The summed E-state index contributed by atoms with van der Waals surface area (Å²) in [5, 5.41) is 5.06. The van der Waals surface area contributed by atoms with E-state index in [0.717, 1.165) is 31.3 Å². The highest BCUT2D eigenvalue weighted by Crippen LogP contribution is 2.33. The monoisotopic (exact) mass is 394 g/mol. The third-order valence-corrected chi connectivity index (χ3v) is 7.01. The molecule has 2 aliphatic rings. The second kappa shape index (κ2) is 8.59. The first-order chi connectivity index (χ1) is 13.9. The average molecular weight is 395 g/mol. The van der Waals surface area contributed by atoms with Crippen molar-refractivity contribution in [3.63, 3.8) is 0 Å². The third-order valence-electron chi connectivity index (χ3n) is 7.01. The zero-order valence-corrected chi connectivity index (χ0v) is 18.8. The molecule has 4 heteroatoms. The highest BCUT2D eigenvalue weighted by molar-refractivity contribution is 5.56. The third kappa shape index (κ3) is 4.91. The maximum absolute atomic E-state index is 5.07. The zero-order valence-electron chi connectivity index (χ0n) is 18.8. The highest BCUT2D eigenvalue weighted by atomic mass is 15.4. The number of hydrogen-bond donors (Lipinski definition) is 0. The van der Waals surface area contributed by atoms with Crippen molar-refractivity contribution < 1.29 is 0 Å². The number of piperidine rings is 1. The lowest BCUT2D eigenvalue weighted by atomic mass is 9.83. The summed E-state index contributed by atoms with van der Waals surface area (Å²) in [4.78, 5) is 7.61. The van der Waals surface area contributed by atoms with Gasteiger partial charge in [0.05, 0.1) is 12.6 Å². The smallest absolute Gasteiger partial charge is 0.165 e. The molecule has 2 aromatic rings. The molecule has 0 bridgehead atoms. The van der Waals surface area contributed by atoms with Crippen molar-refractivity contribution in [2.75, 3.05) is 13.1 Å². The molecule has 0 atom stereocenters. The Balaban J connectivity index is 1.58. The summed E-state index contributed by atoms with van der Waals surface area (Å²) in [7, 11) is 0. The van der Waals surface area contributed by atoms with Gasteiger partial charge in [-0.3, -0.25) is 4.90 Å². The number of rotatable bonds is 5. The Bertz CT molecular complexity index is 787. The molecule has 0 unspecified atom stereocenters. The van der Waals surface area contributed by atoms with E-state index >= 15 is 0 Å². The summed E-state index contributed by atoms with van der Waals surface area (Å²) in [6.45, 7) is 12.5. The van der Waals surface area contributed by atoms with E-state index in [1.54, 1.807) is 0 Å². The number of likely N-dealkylation sites (tertiary alicyclic amines) is 1. The molecule has 158 valence electrons. The van der Waals surface area contributed by atoms with E-state index in [-0.39, 0.29) is 0 Å². The van der Waals surface area contributed by atoms with Crippen LogP contribution in [0.4, 0.5) is 0 Å². The molecule has 1 aromatic carbocycles.